The lowest BCUT2D eigenvalue weighted by atomic mass is 9.72. The Balaban J connectivity index is 1.30. The minimum absolute atomic E-state index is 0.00471. The van der Waals surface area contributed by atoms with E-state index in [9.17, 15) is 29.7 Å². The highest BCUT2D eigenvalue weighted by molar-refractivity contribution is 6.30. The highest BCUT2D eigenvalue weighted by Crippen LogP contribution is 2.52. The van der Waals surface area contributed by atoms with Gasteiger partial charge in [0.25, 0.3) is 0 Å². The summed E-state index contributed by atoms with van der Waals surface area (Å²) in [5.74, 6) is -2.84. The van der Waals surface area contributed by atoms with E-state index in [0.29, 0.717) is 26.2 Å². The predicted octanol–water partition coefficient (Wildman–Crippen LogP) is 1.76. The third kappa shape index (κ3) is 3.91. The van der Waals surface area contributed by atoms with Crippen molar-refractivity contribution in [3.63, 3.8) is 0 Å². The van der Waals surface area contributed by atoms with Crippen molar-refractivity contribution < 1.29 is 48.7 Å². The molecular formula is C30H31NO10. The number of carbonyl (C=O) groups is 3. The van der Waals surface area contributed by atoms with E-state index in [0.717, 1.165) is 0 Å². The molecule has 0 saturated carbocycles. The van der Waals surface area contributed by atoms with Crippen LogP contribution in [0.5, 0.6) is 11.5 Å². The Kier molecular flexibility index (Phi) is 6.13. The predicted molar refractivity (Wildman–Crippen MR) is 140 cm³/mol. The number of aromatic hydroxyl groups is 2. The third-order valence-corrected chi connectivity index (χ3v) is 9.25. The number of morpholine rings is 1. The van der Waals surface area contributed by atoms with E-state index < -0.39 is 46.8 Å². The highest BCUT2D eigenvalue weighted by atomic mass is 16.7. The summed E-state index contributed by atoms with van der Waals surface area (Å²) in [7, 11) is 0. The van der Waals surface area contributed by atoms with E-state index >= 15 is 0 Å². The van der Waals surface area contributed by atoms with Crippen LogP contribution in [0.3, 0.4) is 0 Å². The van der Waals surface area contributed by atoms with Crippen molar-refractivity contribution in [2.24, 2.45) is 0 Å². The Morgan fingerprint density at radius 1 is 1.07 bits per heavy atom. The first-order valence-electron chi connectivity index (χ1n) is 13.9. The van der Waals surface area contributed by atoms with Crippen LogP contribution in [0.15, 0.2) is 24.3 Å². The van der Waals surface area contributed by atoms with Gasteiger partial charge in [0.1, 0.15) is 29.4 Å². The Bertz CT molecular complexity index is 1490. The molecule has 0 aromatic heterocycles. The number of nitrogens with zero attached hydrogens (tertiary/aromatic N) is 1. The number of aliphatic hydroxyl groups is 1. The molecule has 0 radical (unpaired) electrons. The average Bonchev–Trinajstić information content (AvgIpc) is 3.32. The Hall–Kier alpha value is -3.19. The molecule has 3 heterocycles. The lowest BCUT2D eigenvalue weighted by Crippen LogP contribution is -2.53. The van der Waals surface area contributed by atoms with Crippen LogP contribution in [0, 0.1) is 0 Å². The van der Waals surface area contributed by atoms with Crippen molar-refractivity contribution in [3.05, 3.63) is 57.6 Å². The molecule has 11 nitrogen and oxygen atoms in total. The fraction of sp³-hybridized carbons (Fsp3) is 0.500. The normalized spacial score (nSPS) is 34.3. The second-order valence-corrected chi connectivity index (χ2v) is 11.6. The van der Waals surface area contributed by atoms with Gasteiger partial charge in [-0.05, 0) is 13.8 Å². The molecule has 7 rings (SSSR count). The number of fused-ring (bicyclic) bond motifs is 6. The van der Waals surface area contributed by atoms with Gasteiger partial charge in [-0.25, -0.2) is 0 Å². The molecule has 41 heavy (non-hydrogen) atoms. The summed E-state index contributed by atoms with van der Waals surface area (Å²) in [6.45, 7) is 4.86. The lowest BCUT2D eigenvalue weighted by Gasteiger charge is -2.43. The van der Waals surface area contributed by atoms with Crippen molar-refractivity contribution in [2.75, 3.05) is 19.8 Å². The number of benzene rings is 2. The summed E-state index contributed by atoms with van der Waals surface area (Å²) in [6, 6.07) is 6.17. The molecule has 0 spiro atoms. The van der Waals surface area contributed by atoms with Gasteiger partial charge in [0, 0.05) is 54.1 Å². The lowest BCUT2D eigenvalue weighted by molar-refractivity contribution is -0.247. The molecule has 3 fully saturated rings. The SMILES string of the molecule is CC(=O)[C@]1(O)Cc2c(O)c3c(c(O)c2[C@@H](O[C@H]2C[C@H]4[C@H](O[C@@H]5COCCN54)[C@H](C)O2)C1)C(=O)c1ccccc1C3=O. The maximum atomic E-state index is 13.5. The number of carbonyl (C=O) groups excluding carboxylic acids is 3. The zero-order valence-electron chi connectivity index (χ0n) is 22.7. The van der Waals surface area contributed by atoms with Crippen molar-refractivity contribution in [1.82, 2.24) is 4.90 Å². The van der Waals surface area contributed by atoms with Gasteiger partial charge < -0.3 is 34.3 Å². The van der Waals surface area contributed by atoms with E-state index in [2.05, 4.69) is 4.90 Å². The van der Waals surface area contributed by atoms with Crippen LogP contribution in [0.2, 0.25) is 0 Å². The maximum Gasteiger partial charge on any atom is 0.198 e. The monoisotopic (exact) mass is 565 g/mol. The summed E-state index contributed by atoms with van der Waals surface area (Å²) in [5.41, 5.74) is -2.32. The molecule has 11 heteroatoms. The number of phenols is 2. The molecule has 3 saturated heterocycles. The molecule has 3 aliphatic heterocycles. The number of phenolic OH excluding ortho intramolecular Hbond substituents is 2. The molecule has 0 bridgehead atoms. The quantitative estimate of drug-likeness (QED) is 0.398. The van der Waals surface area contributed by atoms with E-state index in [-0.39, 0.29) is 70.7 Å². The van der Waals surface area contributed by atoms with E-state index in [1.54, 1.807) is 12.1 Å². The smallest absolute Gasteiger partial charge is 0.198 e. The van der Waals surface area contributed by atoms with Gasteiger partial charge >= 0.3 is 0 Å². The molecule has 2 aliphatic carbocycles. The molecule has 2 aromatic carbocycles. The largest absolute Gasteiger partial charge is 0.507 e. The molecule has 2 aromatic rings. The molecule has 0 amide bonds. The molecule has 216 valence electrons. The second kappa shape index (κ2) is 9.41. The third-order valence-electron chi connectivity index (χ3n) is 9.25. The van der Waals surface area contributed by atoms with E-state index in [4.69, 9.17) is 18.9 Å². The minimum Gasteiger partial charge on any atom is -0.507 e. The first kappa shape index (κ1) is 26.7. The van der Waals surface area contributed by atoms with Gasteiger partial charge in [-0.1, -0.05) is 24.3 Å². The number of hydrogen-bond donors (Lipinski definition) is 3. The molecule has 3 N–H and O–H groups in total. The van der Waals surface area contributed by atoms with Crippen LogP contribution in [-0.4, -0.2) is 93.7 Å². The van der Waals surface area contributed by atoms with E-state index in [1.165, 1.54) is 19.1 Å². The molecule has 7 atom stereocenters. The topological polar surface area (TPSA) is 152 Å². The van der Waals surface area contributed by atoms with Crippen molar-refractivity contribution in [3.8, 4) is 11.5 Å². The summed E-state index contributed by atoms with van der Waals surface area (Å²) in [4.78, 5) is 41.8. The number of Topliss-reactive ketones (excluding diaryl/α,β-unsaturated/α-hetero) is 1. The Morgan fingerprint density at radius 3 is 2.44 bits per heavy atom. The standard InChI is InChI=1S/C30H31NO10/c1-13-29-18(31-7-8-38-12-20(31)41-29)9-21(39-13)40-19-11-30(37,14(2)32)10-17-22(19)28(36)24-23(27(17)35)25(33)15-5-3-4-6-16(15)26(24)34/h3-6,13,18-21,29,35-37H,7-12H2,1-2H3/t13-,18-,19-,20+,21-,29+,30-/m0/s1. The van der Waals surface area contributed by atoms with Crippen LogP contribution in [0.4, 0.5) is 0 Å². The van der Waals surface area contributed by atoms with Crippen molar-refractivity contribution >= 4 is 17.3 Å². The summed E-state index contributed by atoms with van der Waals surface area (Å²) in [6.07, 6.45) is -2.83. The van der Waals surface area contributed by atoms with Gasteiger partial charge in [-0.15, -0.1) is 0 Å². The molecule has 0 unspecified atom stereocenters. The second-order valence-electron chi connectivity index (χ2n) is 11.6. The van der Waals surface area contributed by atoms with Crippen molar-refractivity contribution in [2.45, 2.75) is 75.6 Å². The van der Waals surface area contributed by atoms with Crippen LogP contribution >= 0.6 is 0 Å². The zero-order valence-corrected chi connectivity index (χ0v) is 22.7. The van der Waals surface area contributed by atoms with Gasteiger partial charge in [-0.2, -0.15) is 0 Å². The maximum absolute atomic E-state index is 13.5. The van der Waals surface area contributed by atoms with E-state index in [1.807, 2.05) is 6.92 Å². The number of ketones is 3. The Labute approximate surface area is 235 Å². The zero-order chi connectivity index (χ0) is 28.8. The van der Waals surface area contributed by atoms with Crippen LogP contribution < -0.4 is 0 Å². The highest BCUT2D eigenvalue weighted by Gasteiger charge is 2.53. The minimum atomic E-state index is -1.94. The Morgan fingerprint density at radius 2 is 1.76 bits per heavy atom. The molecule has 5 aliphatic rings. The van der Waals surface area contributed by atoms with Crippen LogP contribution in [0.1, 0.15) is 75.8 Å². The molecular weight excluding hydrogens is 534 g/mol. The fourth-order valence-electron chi connectivity index (χ4n) is 7.15. The number of ether oxygens (including phenoxy) is 4. The summed E-state index contributed by atoms with van der Waals surface area (Å²) < 4.78 is 24.3. The fourth-order valence-corrected chi connectivity index (χ4v) is 7.15. The van der Waals surface area contributed by atoms with Crippen LogP contribution in [0.25, 0.3) is 0 Å². The summed E-state index contributed by atoms with van der Waals surface area (Å²) >= 11 is 0. The van der Waals surface area contributed by atoms with Gasteiger partial charge in [-0.3, -0.25) is 19.3 Å². The number of rotatable bonds is 3. The number of hydrogen-bond acceptors (Lipinski definition) is 11. The first-order chi connectivity index (χ1) is 19.6. The van der Waals surface area contributed by atoms with Gasteiger partial charge in [0.2, 0.25) is 0 Å². The first-order valence-corrected chi connectivity index (χ1v) is 13.9. The van der Waals surface area contributed by atoms with Crippen LogP contribution in [-0.2, 0) is 30.2 Å². The van der Waals surface area contributed by atoms with Crippen molar-refractivity contribution in [1.29, 1.82) is 0 Å². The summed E-state index contributed by atoms with van der Waals surface area (Å²) in [5, 5.41) is 34.4. The van der Waals surface area contributed by atoms with Gasteiger partial charge in [0.15, 0.2) is 23.6 Å². The van der Waals surface area contributed by atoms with Gasteiger partial charge in [0.05, 0.1) is 36.5 Å². The average molecular weight is 566 g/mol.